The summed E-state index contributed by atoms with van der Waals surface area (Å²) in [5, 5.41) is 9.73. The van der Waals surface area contributed by atoms with Gasteiger partial charge in [-0.15, -0.1) is 0 Å². The first-order valence-corrected chi connectivity index (χ1v) is 10.3. The third-order valence-electron chi connectivity index (χ3n) is 4.95. The zero-order valence-electron chi connectivity index (χ0n) is 17.9. The summed E-state index contributed by atoms with van der Waals surface area (Å²) in [6.07, 6.45) is 15.3. The Morgan fingerprint density at radius 2 is 1.93 bits per heavy atom. The topological polar surface area (TPSA) is 29.5 Å². The number of hydrogen-bond acceptors (Lipinski definition) is 2. The SMILES string of the molecule is C/C(=C\CCC1=CCC=C1)CC[C@H](O)C(C)C.CCc1ccc(OC)cc1. The van der Waals surface area contributed by atoms with E-state index in [1.54, 1.807) is 7.11 Å². The van der Waals surface area contributed by atoms with Gasteiger partial charge in [-0.1, -0.05) is 68.4 Å². The molecule has 27 heavy (non-hydrogen) atoms. The van der Waals surface area contributed by atoms with Gasteiger partial charge < -0.3 is 9.84 Å². The Hall–Kier alpha value is -1.80. The van der Waals surface area contributed by atoms with Crippen LogP contribution in [0.3, 0.4) is 0 Å². The fraction of sp³-hybridized carbons (Fsp3) is 0.520. The lowest BCUT2D eigenvalue weighted by molar-refractivity contribution is 0.116. The lowest BCUT2D eigenvalue weighted by Crippen LogP contribution is -2.14. The van der Waals surface area contributed by atoms with Gasteiger partial charge in [0.25, 0.3) is 0 Å². The van der Waals surface area contributed by atoms with Crippen molar-refractivity contribution in [3.8, 4) is 5.75 Å². The first-order chi connectivity index (χ1) is 13.0. The molecule has 1 aromatic carbocycles. The van der Waals surface area contributed by atoms with Gasteiger partial charge in [-0.05, 0) is 69.1 Å². The molecule has 1 aromatic rings. The molecule has 0 unspecified atom stereocenters. The third-order valence-corrected chi connectivity index (χ3v) is 4.95. The Labute approximate surface area is 166 Å². The zero-order valence-corrected chi connectivity index (χ0v) is 17.9. The third kappa shape index (κ3) is 10.2. The molecule has 1 N–H and O–H groups in total. The highest BCUT2D eigenvalue weighted by Crippen LogP contribution is 2.17. The fourth-order valence-electron chi connectivity index (χ4n) is 2.85. The number of rotatable bonds is 9. The molecular weight excluding hydrogens is 332 g/mol. The minimum atomic E-state index is -0.154. The summed E-state index contributed by atoms with van der Waals surface area (Å²) in [6.45, 7) is 8.46. The van der Waals surface area contributed by atoms with E-state index in [9.17, 15) is 5.11 Å². The van der Waals surface area contributed by atoms with Gasteiger partial charge in [0, 0.05) is 0 Å². The second-order valence-corrected chi connectivity index (χ2v) is 7.56. The number of methoxy groups -OCH3 is 1. The molecular formula is C25H38O2. The van der Waals surface area contributed by atoms with E-state index in [4.69, 9.17) is 4.74 Å². The van der Waals surface area contributed by atoms with E-state index in [0.717, 1.165) is 44.3 Å². The number of hydrogen-bond donors (Lipinski definition) is 1. The van der Waals surface area contributed by atoms with Crippen molar-refractivity contribution in [2.75, 3.05) is 7.11 Å². The van der Waals surface area contributed by atoms with Crippen molar-refractivity contribution in [3.05, 3.63) is 65.3 Å². The highest BCUT2D eigenvalue weighted by molar-refractivity contribution is 5.27. The molecule has 2 rings (SSSR count). The molecule has 0 amide bonds. The molecule has 1 atom stereocenters. The number of aliphatic hydroxyl groups is 1. The van der Waals surface area contributed by atoms with Gasteiger partial charge in [0.2, 0.25) is 0 Å². The van der Waals surface area contributed by atoms with Gasteiger partial charge in [-0.25, -0.2) is 0 Å². The van der Waals surface area contributed by atoms with E-state index < -0.39 is 0 Å². The summed E-state index contributed by atoms with van der Waals surface area (Å²) in [5.74, 6) is 1.30. The molecule has 0 heterocycles. The predicted molar refractivity (Wildman–Crippen MR) is 117 cm³/mol. The smallest absolute Gasteiger partial charge is 0.118 e. The van der Waals surface area contributed by atoms with Gasteiger partial charge in [0.1, 0.15) is 5.75 Å². The molecule has 1 aliphatic carbocycles. The van der Waals surface area contributed by atoms with Crippen LogP contribution < -0.4 is 4.74 Å². The van der Waals surface area contributed by atoms with Crippen LogP contribution in [0.25, 0.3) is 0 Å². The molecule has 0 aliphatic heterocycles. The summed E-state index contributed by atoms with van der Waals surface area (Å²) >= 11 is 0. The van der Waals surface area contributed by atoms with Gasteiger partial charge in [-0.3, -0.25) is 0 Å². The van der Waals surface area contributed by atoms with Crippen LogP contribution in [0, 0.1) is 5.92 Å². The summed E-state index contributed by atoms with van der Waals surface area (Å²) in [6, 6.07) is 8.13. The molecule has 0 radical (unpaired) electrons. The lowest BCUT2D eigenvalue weighted by atomic mass is 9.99. The van der Waals surface area contributed by atoms with E-state index >= 15 is 0 Å². The molecule has 2 nitrogen and oxygen atoms in total. The van der Waals surface area contributed by atoms with Crippen molar-refractivity contribution in [3.63, 3.8) is 0 Å². The van der Waals surface area contributed by atoms with Crippen molar-refractivity contribution in [2.45, 2.75) is 72.3 Å². The highest BCUT2D eigenvalue weighted by atomic mass is 16.5. The van der Waals surface area contributed by atoms with Crippen LogP contribution in [-0.4, -0.2) is 18.3 Å². The minimum absolute atomic E-state index is 0.154. The van der Waals surface area contributed by atoms with E-state index in [2.05, 4.69) is 64.1 Å². The fourth-order valence-corrected chi connectivity index (χ4v) is 2.85. The van der Waals surface area contributed by atoms with Crippen molar-refractivity contribution < 1.29 is 9.84 Å². The molecule has 0 aromatic heterocycles. The second kappa shape index (κ2) is 13.4. The summed E-state index contributed by atoms with van der Waals surface area (Å²) in [7, 11) is 1.68. The van der Waals surface area contributed by atoms with E-state index in [0.29, 0.717) is 5.92 Å². The average Bonchev–Trinajstić information content (AvgIpc) is 3.20. The van der Waals surface area contributed by atoms with Gasteiger partial charge in [0.15, 0.2) is 0 Å². The number of allylic oxidation sites excluding steroid dienone is 6. The van der Waals surface area contributed by atoms with Gasteiger partial charge in [0.05, 0.1) is 13.2 Å². The Morgan fingerprint density at radius 1 is 1.22 bits per heavy atom. The standard InChI is InChI=1S/C16H26O.C9H12O/c1-13(2)16(17)12-11-14(3)7-6-10-15-8-4-5-9-15;1-3-8-4-6-9(10-2)7-5-8/h4,7-9,13,16-17H,5-6,10-12H2,1-3H3;4-7H,3H2,1-2H3/b14-7+;/t16-;/m0./s1. The largest absolute Gasteiger partial charge is 0.497 e. The zero-order chi connectivity index (χ0) is 20.1. The summed E-state index contributed by atoms with van der Waals surface area (Å²) < 4.78 is 5.01. The molecule has 0 saturated heterocycles. The van der Waals surface area contributed by atoms with E-state index in [1.807, 2.05) is 12.1 Å². The van der Waals surface area contributed by atoms with Gasteiger partial charge in [-0.2, -0.15) is 0 Å². The van der Waals surface area contributed by atoms with Crippen molar-refractivity contribution >= 4 is 0 Å². The Morgan fingerprint density at radius 3 is 2.44 bits per heavy atom. The first kappa shape index (κ1) is 23.2. The van der Waals surface area contributed by atoms with Crippen LogP contribution in [-0.2, 0) is 6.42 Å². The Balaban J connectivity index is 0.000000309. The molecule has 0 saturated carbocycles. The number of aryl methyl sites for hydroxylation is 1. The Kier molecular flexibility index (Phi) is 11.5. The van der Waals surface area contributed by atoms with Crippen molar-refractivity contribution in [2.24, 2.45) is 5.92 Å². The van der Waals surface area contributed by atoms with Crippen LogP contribution in [0.2, 0.25) is 0 Å². The number of benzene rings is 1. The maximum atomic E-state index is 9.73. The summed E-state index contributed by atoms with van der Waals surface area (Å²) in [4.78, 5) is 0. The van der Waals surface area contributed by atoms with Crippen LogP contribution >= 0.6 is 0 Å². The van der Waals surface area contributed by atoms with Gasteiger partial charge >= 0.3 is 0 Å². The first-order valence-electron chi connectivity index (χ1n) is 10.3. The molecule has 150 valence electrons. The molecule has 0 spiro atoms. The van der Waals surface area contributed by atoms with Crippen LogP contribution in [0.15, 0.2) is 59.7 Å². The lowest BCUT2D eigenvalue weighted by Gasteiger charge is -2.14. The molecule has 0 fully saturated rings. The van der Waals surface area contributed by atoms with Crippen LogP contribution in [0.5, 0.6) is 5.75 Å². The minimum Gasteiger partial charge on any atom is -0.497 e. The molecule has 0 bridgehead atoms. The number of ether oxygens (including phenoxy) is 1. The predicted octanol–water partition coefficient (Wildman–Crippen LogP) is 6.65. The maximum absolute atomic E-state index is 9.73. The van der Waals surface area contributed by atoms with Crippen molar-refractivity contribution in [1.29, 1.82) is 0 Å². The van der Waals surface area contributed by atoms with Crippen LogP contribution in [0.4, 0.5) is 0 Å². The molecule has 1 aliphatic rings. The highest BCUT2D eigenvalue weighted by Gasteiger charge is 2.08. The maximum Gasteiger partial charge on any atom is 0.118 e. The molecule has 2 heteroatoms. The number of aliphatic hydroxyl groups excluding tert-OH is 1. The Bertz CT molecular complexity index is 583. The quantitative estimate of drug-likeness (QED) is 0.493. The van der Waals surface area contributed by atoms with Crippen molar-refractivity contribution in [1.82, 2.24) is 0 Å². The van der Waals surface area contributed by atoms with E-state index in [-0.39, 0.29) is 6.10 Å². The average molecular weight is 371 g/mol. The summed E-state index contributed by atoms with van der Waals surface area (Å²) in [5.41, 5.74) is 4.23. The second-order valence-electron chi connectivity index (χ2n) is 7.56. The van der Waals surface area contributed by atoms with E-state index in [1.165, 1.54) is 16.7 Å². The van der Waals surface area contributed by atoms with Crippen LogP contribution in [0.1, 0.15) is 65.4 Å². The monoisotopic (exact) mass is 370 g/mol. The normalized spacial score (nSPS) is 14.6.